The first-order chi connectivity index (χ1) is 9.15. The lowest BCUT2D eigenvalue weighted by atomic mass is 9.81. The van der Waals surface area contributed by atoms with E-state index < -0.39 is 0 Å². The number of nitrogen functional groups attached to an aromatic ring is 1. The van der Waals surface area contributed by atoms with Crippen LogP contribution in [-0.2, 0) is 0 Å². The van der Waals surface area contributed by atoms with E-state index in [1.807, 2.05) is 0 Å². The van der Waals surface area contributed by atoms with Gasteiger partial charge in [0.15, 0.2) is 5.69 Å². The Bertz CT molecular complexity index is 418. The summed E-state index contributed by atoms with van der Waals surface area (Å²) in [4.78, 5) is 11.8. The predicted molar refractivity (Wildman–Crippen MR) is 74.5 cm³/mol. The second-order valence-corrected chi connectivity index (χ2v) is 5.53. The number of carbonyl (C=O) groups excluding carboxylic acids is 1. The van der Waals surface area contributed by atoms with Crippen LogP contribution in [0.25, 0.3) is 0 Å². The molecule has 0 aliphatic heterocycles. The first-order valence-electron chi connectivity index (χ1n) is 7.02. The molecule has 3 N–H and O–H groups in total. The smallest absolute Gasteiger partial charge is 0.271 e. The first-order valence-corrected chi connectivity index (χ1v) is 7.02. The summed E-state index contributed by atoms with van der Waals surface area (Å²) >= 11 is 0. The standard InChI is InChI=1S/C14H22N4O/c1-10-3-2-4-11(9-10)7-8-16-14(19)12-5-6-13(15)18-17-12/h5-6,10-11H,2-4,7-9H2,1H3,(H2,15,18)(H,16,19). The van der Waals surface area contributed by atoms with Crippen LogP contribution < -0.4 is 11.1 Å². The Hall–Kier alpha value is -1.65. The molecule has 19 heavy (non-hydrogen) atoms. The molecule has 1 heterocycles. The Morgan fingerprint density at radius 1 is 1.42 bits per heavy atom. The van der Waals surface area contributed by atoms with E-state index in [0.29, 0.717) is 18.1 Å². The largest absolute Gasteiger partial charge is 0.382 e. The van der Waals surface area contributed by atoms with Gasteiger partial charge in [0.1, 0.15) is 5.82 Å². The van der Waals surface area contributed by atoms with Gasteiger partial charge in [0.05, 0.1) is 0 Å². The molecule has 1 fully saturated rings. The van der Waals surface area contributed by atoms with Crippen molar-refractivity contribution >= 4 is 11.7 Å². The lowest BCUT2D eigenvalue weighted by Gasteiger charge is -2.26. The van der Waals surface area contributed by atoms with Gasteiger partial charge >= 0.3 is 0 Å². The number of rotatable bonds is 4. The molecule has 0 aromatic carbocycles. The third-order valence-electron chi connectivity index (χ3n) is 3.80. The average molecular weight is 262 g/mol. The van der Waals surface area contributed by atoms with Crippen LogP contribution >= 0.6 is 0 Å². The zero-order valence-corrected chi connectivity index (χ0v) is 11.4. The zero-order chi connectivity index (χ0) is 13.7. The average Bonchev–Trinajstić information content (AvgIpc) is 2.39. The van der Waals surface area contributed by atoms with E-state index in [2.05, 4.69) is 22.4 Å². The van der Waals surface area contributed by atoms with Gasteiger partial charge in [0.25, 0.3) is 5.91 Å². The summed E-state index contributed by atoms with van der Waals surface area (Å²) in [5, 5.41) is 10.3. The lowest BCUT2D eigenvalue weighted by Crippen LogP contribution is -2.28. The van der Waals surface area contributed by atoms with Gasteiger partial charge in [-0.2, -0.15) is 0 Å². The summed E-state index contributed by atoms with van der Waals surface area (Å²) in [6, 6.07) is 3.19. The molecule has 5 heteroatoms. The molecular weight excluding hydrogens is 240 g/mol. The molecule has 1 aliphatic carbocycles. The second-order valence-electron chi connectivity index (χ2n) is 5.53. The molecule has 1 aromatic rings. The van der Waals surface area contributed by atoms with Gasteiger partial charge in [-0.15, -0.1) is 10.2 Å². The third kappa shape index (κ3) is 4.19. The molecule has 1 aromatic heterocycles. The van der Waals surface area contributed by atoms with Gasteiger partial charge in [0.2, 0.25) is 0 Å². The normalized spacial score (nSPS) is 23.0. The predicted octanol–water partition coefficient (Wildman–Crippen LogP) is 2.00. The van der Waals surface area contributed by atoms with E-state index >= 15 is 0 Å². The minimum Gasteiger partial charge on any atom is -0.382 e. The van der Waals surface area contributed by atoms with Crippen molar-refractivity contribution in [3.63, 3.8) is 0 Å². The highest BCUT2D eigenvalue weighted by atomic mass is 16.1. The maximum Gasteiger partial charge on any atom is 0.271 e. The van der Waals surface area contributed by atoms with Gasteiger partial charge in [-0.25, -0.2) is 0 Å². The minimum atomic E-state index is -0.170. The van der Waals surface area contributed by atoms with Crippen molar-refractivity contribution in [2.45, 2.75) is 39.0 Å². The fourth-order valence-corrected chi connectivity index (χ4v) is 2.77. The number of nitrogens with one attached hydrogen (secondary N) is 1. The Balaban J connectivity index is 1.73. The molecule has 0 bridgehead atoms. The van der Waals surface area contributed by atoms with E-state index in [4.69, 9.17) is 5.73 Å². The fraction of sp³-hybridized carbons (Fsp3) is 0.643. The number of anilines is 1. The molecule has 0 radical (unpaired) electrons. The summed E-state index contributed by atoms with van der Waals surface area (Å²) in [7, 11) is 0. The quantitative estimate of drug-likeness (QED) is 0.869. The highest BCUT2D eigenvalue weighted by molar-refractivity contribution is 5.92. The van der Waals surface area contributed by atoms with Crippen molar-refractivity contribution in [3.05, 3.63) is 17.8 Å². The topological polar surface area (TPSA) is 80.9 Å². The van der Waals surface area contributed by atoms with Crippen LogP contribution in [0, 0.1) is 11.8 Å². The number of hydrogen-bond acceptors (Lipinski definition) is 4. The summed E-state index contributed by atoms with van der Waals surface area (Å²) in [5.41, 5.74) is 5.76. The highest BCUT2D eigenvalue weighted by Gasteiger charge is 2.18. The number of nitrogens with zero attached hydrogens (tertiary/aromatic N) is 2. The number of aromatic nitrogens is 2. The van der Waals surface area contributed by atoms with Crippen molar-refractivity contribution in [2.24, 2.45) is 11.8 Å². The Morgan fingerprint density at radius 2 is 2.26 bits per heavy atom. The van der Waals surface area contributed by atoms with E-state index in [-0.39, 0.29) is 5.91 Å². The summed E-state index contributed by atoms with van der Waals surface area (Å²) in [5.74, 6) is 1.74. The van der Waals surface area contributed by atoms with E-state index in [0.717, 1.165) is 18.3 Å². The molecule has 2 unspecified atom stereocenters. The number of hydrogen-bond donors (Lipinski definition) is 2. The first kappa shape index (κ1) is 13.8. The zero-order valence-electron chi connectivity index (χ0n) is 11.4. The SMILES string of the molecule is CC1CCCC(CCNC(=O)c2ccc(N)nn2)C1. The Kier molecular flexibility index (Phi) is 4.71. The fourth-order valence-electron chi connectivity index (χ4n) is 2.77. The molecule has 1 aliphatic rings. The molecule has 104 valence electrons. The van der Waals surface area contributed by atoms with E-state index in [1.54, 1.807) is 12.1 Å². The van der Waals surface area contributed by atoms with Crippen LogP contribution in [0.15, 0.2) is 12.1 Å². The van der Waals surface area contributed by atoms with Crippen molar-refractivity contribution in [3.8, 4) is 0 Å². The van der Waals surface area contributed by atoms with Crippen molar-refractivity contribution in [2.75, 3.05) is 12.3 Å². The van der Waals surface area contributed by atoms with Gasteiger partial charge in [-0.1, -0.05) is 26.2 Å². The monoisotopic (exact) mass is 262 g/mol. The van der Waals surface area contributed by atoms with E-state index in [9.17, 15) is 4.79 Å². The Labute approximate surface area is 114 Å². The third-order valence-corrected chi connectivity index (χ3v) is 3.80. The molecule has 5 nitrogen and oxygen atoms in total. The molecule has 1 amide bonds. The molecule has 0 saturated heterocycles. The summed E-state index contributed by atoms with van der Waals surface area (Å²) < 4.78 is 0. The van der Waals surface area contributed by atoms with Crippen LogP contribution in [-0.4, -0.2) is 22.6 Å². The second kappa shape index (κ2) is 6.50. The molecule has 0 spiro atoms. The van der Waals surface area contributed by atoms with E-state index in [1.165, 1.54) is 25.7 Å². The van der Waals surface area contributed by atoms with Crippen LogP contribution in [0.1, 0.15) is 49.5 Å². The van der Waals surface area contributed by atoms with Gasteiger partial charge in [-0.3, -0.25) is 4.79 Å². The number of amides is 1. The molecular formula is C14H22N4O. The van der Waals surface area contributed by atoms with Crippen molar-refractivity contribution < 1.29 is 4.79 Å². The van der Waals surface area contributed by atoms with Gasteiger partial charge in [0, 0.05) is 6.54 Å². The number of nitrogens with two attached hydrogens (primary N) is 1. The molecule has 1 saturated carbocycles. The van der Waals surface area contributed by atoms with Crippen LogP contribution in [0.4, 0.5) is 5.82 Å². The molecule has 2 rings (SSSR count). The molecule has 2 atom stereocenters. The minimum absolute atomic E-state index is 0.170. The maximum atomic E-state index is 11.8. The summed E-state index contributed by atoms with van der Waals surface area (Å²) in [6.07, 6.45) is 6.31. The van der Waals surface area contributed by atoms with Gasteiger partial charge in [-0.05, 0) is 36.8 Å². The number of carbonyl (C=O) groups is 1. The van der Waals surface area contributed by atoms with Crippen LogP contribution in [0.5, 0.6) is 0 Å². The summed E-state index contributed by atoms with van der Waals surface area (Å²) in [6.45, 7) is 3.02. The lowest BCUT2D eigenvalue weighted by molar-refractivity contribution is 0.0943. The maximum absolute atomic E-state index is 11.8. The Morgan fingerprint density at radius 3 is 2.95 bits per heavy atom. The van der Waals surface area contributed by atoms with Crippen molar-refractivity contribution in [1.82, 2.24) is 15.5 Å². The van der Waals surface area contributed by atoms with Crippen LogP contribution in [0.3, 0.4) is 0 Å². The highest BCUT2D eigenvalue weighted by Crippen LogP contribution is 2.30. The van der Waals surface area contributed by atoms with Gasteiger partial charge < -0.3 is 11.1 Å². The van der Waals surface area contributed by atoms with Crippen LogP contribution in [0.2, 0.25) is 0 Å². The van der Waals surface area contributed by atoms with Crippen molar-refractivity contribution in [1.29, 1.82) is 0 Å².